The molecule has 1 unspecified atom stereocenters. The average Bonchev–Trinajstić information content (AvgIpc) is 2.92. The van der Waals surface area contributed by atoms with Gasteiger partial charge in [0.25, 0.3) is 5.91 Å². The average molecular weight is 416 g/mol. The highest BCUT2D eigenvalue weighted by molar-refractivity contribution is 6.30. The monoisotopic (exact) mass is 415 g/mol. The molecule has 0 spiro atoms. The van der Waals surface area contributed by atoms with E-state index in [9.17, 15) is 14.4 Å². The van der Waals surface area contributed by atoms with Crippen molar-refractivity contribution >= 4 is 35.1 Å². The van der Waals surface area contributed by atoms with Crippen molar-refractivity contribution in [2.24, 2.45) is 0 Å². The molecular formula is C20H18ClN3O5. The maximum atomic E-state index is 12.9. The van der Waals surface area contributed by atoms with E-state index in [1.165, 1.54) is 0 Å². The smallest absolute Gasteiger partial charge is 0.325 e. The second kappa shape index (κ2) is 7.29. The van der Waals surface area contributed by atoms with Crippen LogP contribution in [0.15, 0.2) is 42.5 Å². The summed E-state index contributed by atoms with van der Waals surface area (Å²) in [6.45, 7) is 2.07. The van der Waals surface area contributed by atoms with Crippen LogP contribution in [0, 0.1) is 0 Å². The van der Waals surface area contributed by atoms with Gasteiger partial charge in [0, 0.05) is 16.8 Å². The summed E-state index contributed by atoms with van der Waals surface area (Å²) in [5.41, 5.74) is -0.208. The van der Waals surface area contributed by atoms with Gasteiger partial charge in [-0.05, 0) is 36.8 Å². The number of imide groups is 1. The molecule has 0 saturated carbocycles. The number of halogens is 1. The Labute approximate surface area is 171 Å². The molecule has 1 fully saturated rings. The molecule has 4 rings (SSSR count). The molecule has 0 bridgehead atoms. The van der Waals surface area contributed by atoms with E-state index in [0.29, 0.717) is 41.0 Å². The zero-order chi connectivity index (χ0) is 20.6. The number of carbonyl (C=O) groups excluding carboxylic acids is 3. The molecule has 150 valence electrons. The Morgan fingerprint density at radius 2 is 1.83 bits per heavy atom. The van der Waals surface area contributed by atoms with Gasteiger partial charge >= 0.3 is 6.03 Å². The summed E-state index contributed by atoms with van der Waals surface area (Å²) in [5.74, 6) is 0.106. The molecule has 2 aromatic carbocycles. The molecule has 9 heteroatoms. The van der Waals surface area contributed by atoms with E-state index >= 15 is 0 Å². The number of amides is 4. The lowest BCUT2D eigenvalue weighted by molar-refractivity contribution is -0.133. The molecule has 2 N–H and O–H groups in total. The van der Waals surface area contributed by atoms with Crippen LogP contribution < -0.4 is 20.1 Å². The molecule has 2 heterocycles. The Bertz CT molecular complexity index is 994. The number of fused-ring (bicyclic) bond motifs is 1. The van der Waals surface area contributed by atoms with Crippen molar-refractivity contribution in [3.8, 4) is 11.5 Å². The SMILES string of the molecule is CC1(c2ccc(Cl)cc2)NC(=O)N(CC(=O)Nc2ccc3c(c2)OCCO3)C1=O. The highest BCUT2D eigenvalue weighted by Gasteiger charge is 2.49. The lowest BCUT2D eigenvalue weighted by atomic mass is 9.92. The predicted molar refractivity (Wildman–Crippen MR) is 105 cm³/mol. The van der Waals surface area contributed by atoms with Crippen LogP contribution in [0.4, 0.5) is 10.5 Å². The van der Waals surface area contributed by atoms with Gasteiger partial charge in [0.15, 0.2) is 11.5 Å². The molecule has 4 amide bonds. The van der Waals surface area contributed by atoms with Crippen molar-refractivity contribution in [3.05, 3.63) is 53.1 Å². The highest BCUT2D eigenvalue weighted by Crippen LogP contribution is 2.33. The first kappa shape index (κ1) is 19.1. The first-order chi connectivity index (χ1) is 13.9. The number of hydrogen-bond acceptors (Lipinski definition) is 5. The van der Waals surface area contributed by atoms with Gasteiger partial charge in [0.05, 0.1) is 0 Å². The maximum Gasteiger partial charge on any atom is 0.325 e. The topological polar surface area (TPSA) is 97.0 Å². The largest absolute Gasteiger partial charge is 0.486 e. The number of hydrogen-bond donors (Lipinski definition) is 2. The standard InChI is InChI=1S/C20H18ClN3O5/c1-20(12-2-4-13(21)5-3-12)18(26)24(19(27)23-20)11-17(25)22-14-6-7-15-16(10-14)29-9-8-28-15/h2-7,10H,8-9,11H2,1H3,(H,22,25)(H,23,27). The van der Waals surface area contributed by atoms with E-state index in [2.05, 4.69) is 10.6 Å². The summed E-state index contributed by atoms with van der Waals surface area (Å²) in [7, 11) is 0. The van der Waals surface area contributed by atoms with Gasteiger partial charge in [-0.25, -0.2) is 4.79 Å². The fourth-order valence-electron chi connectivity index (χ4n) is 3.28. The van der Waals surface area contributed by atoms with Crippen LogP contribution in [0.3, 0.4) is 0 Å². The normalized spacial score (nSPS) is 20.4. The third-order valence-corrected chi connectivity index (χ3v) is 5.08. The number of carbonyl (C=O) groups is 3. The van der Waals surface area contributed by atoms with Crippen LogP contribution in [0.1, 0.15) is 12.5 Å². The number of rotatable bonds is 4. The number of nitrogens with zero attached hydrogens (tertiary/aromatic N) is 1. The minimum atomic E-state index is -1.26. The van der Waals surface area contributed by atoms with E-state index in [1.54, 1.807) is 49.4 Å². The minimum absolute atomic E-state index is 0.414. The summed E-state index contributed by atoms with van der Waals surface area (Å²) in [6, 6.07) is 11.0. The fraction of sp³-hybridized carbons (Fsp3) is 0.250. The molecule has 0 aliphatic carbocycles. The molecular weight excluding hydrogens is 398 g/mol. The van der Waals surface area contributed by atoms with Crippen LogP contribution >= 0.6 is 11.6 Å². The van der Waals surface area contributed by atoms with Crippen LogP contribution in [0.5, 0.6) is 11.5 Å². The molecule has 1 saturated heterocycles. The van der Waals surface area contributed by atoms with Gasteiger partial charge < -0.3 is 20.1 Å². The van der Waals surface area contributed by atoms with E-state index in [-0.39, 0.29) is 0 Å². The van der Waals surface area contributed by atoms with Gasteiger partial charge in [-0.3, -0.25) is 14.5 Å². The molecule has 2 aliphatic heterocycles. The Morgan fingerprint density at radius 1 is 1.14 bits per heavy atom. The lowest BCUT2D eigenvalue weighted by Gasteiger charge is -2.22. The first-order valence-electron chi connectivity index (χ1n) is 8.96. The molecule has 8 nitrogen and oxygen atoms in total. The van der Waals surface area contributed by atoms with Crippen LogP contribution in [0.25, 0.3) is 0 Å². The van der Waals surface area contributed by atoms with Crippen molar-refractivity contribution in [1.82, 2.24) is 10.2 Å². The molecule has 1 atom stereocenters. The van der Waals surface area contributed by atoms with Crippen molar-refractivity contribution in [1.29, 1.82) is 0 Å². The van der Waals surface area contributed by atoms with E-state index < -0.39 is 29.9 Å². The number of benzene rings is 2. The molecule has 2 aliphatic rings. The molecule has 2 aromatic rings. The summed E-state index contributed by atoms with van der Waals surface area (Å²) < 4.78 is 10.9. The Morgan fingerprint density at radius 3 is 2.55 bits per heavy atom. The van der Waals surface area contributed by atoms with Crippen molar-refractivity contribution in [2.45, 2.75) is 12.5 Å². The molecule has 29 heavy (non-hydrogen) atoms. The van der Waals surface area contributed by atoms with E-state index in [1.807, 2.05) is 0 Å². The van der Waals surface area contributed by atoms with E-state index in [4.69, 9.17) is 21.1 Å². The highest BCUT2D eigenvalue weighted by atomic mass is 35.5. The zero-order valence-corrected chi connectivity index (χ0v) is 16.3. The predicted octanol–water partition coefficient (Wildman–Crippen LogP) is 2.52. The van der Waals surface area contributed by atoms with Gasteiger partial charge in [-0.15, -0.1) is 0 Å². The van der Waals surface area contributed by atoms with Crippen LogP contribution in [-0.4, -0.2) is 42.5 Å². The fourth-order valence-corrected chi connectivity index (χ4v) is 3.41. The summed E-state index contributed by atoms with van der Waals surface area (Å²) in [6.07, 6.45) is 0. The number of anilines is 1. The third-order valence-electron chi connectivity index (χ3n) is 4.82. The van der Waals surface area contributed by atoms with Crippen LogP contribution in [-0.2, 0) is 15.1 Å². The summed E-state index contributed by atoms with van der Waals surface area (Å²) in [4.78, 5) is 38.6. The Kier molecular flexibility index (Phi) is 4.79. The molecule has 0 aromatic heterocycles. The van der Waals surface area contributed by atoms with Gasteiger partial charge in [0.2, 0.25) is 5.91 Å². The lowest BCUT2D eigenvalue weighted by Crippen LogP contribution is -2.42. The van der Waals surface area contributed by atoms with Gasteiger partial charge in [0.1, 0.15) is 25.3 Å². The second-order valence-corrected chi connectivity index (χ2v) is 7.30. The van der Waals surface area contributed by atoms with Crippen molar-refractivity contribution in [3.63, 3.8) is 0 Å². The number of nitrogens with one attached hydrogen (secondary N) is 2. The van der Waals surface area contributed by atoms with Crippen molar-refractivity contribution in [2.75, 3.05) is 25.1 Å². The summed E-state index contributed by atoms with van der Waals surface area (Å²) >= 11 is 5.90. The van der Waals surface area contributed by atoms with Gasteiger partial charge in [-0.1, -0.05) is 23.7 Å². The zero-order valence-electron chi connectivity index (χ0n) is 15.5. The third kappa shape index (κ3) is 3.58. The quantitative estimate of drug-likeness (QED) is 0.748. The number of ether oxygens (including phenoxy) is 2. The van der Waals surface area contributed by atoms with E-state index in [0.717, 1.165) is 4.90 Å². The van der Waals surface area contributed by atoms with Crippen LogP contribution in [0.2, 0.25) is 5.02 Å². The Hall–Kier alpha value is -3.26. The summed E-state index contributed by atoms with van der Waals surface area (Å²) in [5, 5.41) is 5.84. The van der Waals surface area contributed by atoms with Gasteiger partial charge in [-0.2, -0.15) is 0 Å². The minimum Gasteiger partial charge on any atom is -0.486 e. The van der Waals surface area contributed by atoms with Crippen molar-refractivity contribution < 1.29 is 23.9 Å². The second-order valence-electron chi connectivity index (χ2n) is 6.86. The molecule has 0 radical (unpaired) electrons. The first-order valence-corrected chi connectivity index (χ1v) is 9.34. The number of urea groups is 1. The maximum absolute atomic E-state index is 12.9. The Balaban J connectivity index is 1.46.